The molecule has 2 heterocycles. The van der Waals surface area contributed by atoms with Crippen LogP contribution >= 0.6 is 23.5 Å². The van der Waals surface area contributed by atoms with Crippen molar-refractivity contribution in [1.29, 1.82) is 0 Å². The molecule has 0 amide bonds. The van der Waals surface area contributed by atoms with Crippen LogP contribution in [0.15, 0.2) is 18.7 Å². The zero-order valence-corrected chi connectivity index (χ0v) is 11.7. The van der Waals surface area contributed by atoms with Crippen LogP contribution in [0, 0.1) is 5.92 Å². The van der Waals surface area contributed by atoms with E-state index in [-0.39, 0.29) is 0 Å². The van der Waals surface area contributed by atoms with Crippen LogP contribution in [0.4, 0.5) is 0 Å². The van der Waals surface area contributed by atoms with Crippen LogP contribution in [0.2, 0.25) is 0 Å². The maximum Gasteiger partial charge on any atom is 0.0946 e. The van der Waals surface area contributed by atoms with Crippen molar-refractivity contribution in [2.24, 2.45) is 5.92 Å². The smallest absolute Gasteiger partial charge is 0.0946 e. The number of aromatic nitrogens is 2. The van der Waals surface area contributed by atoms with Crippen molar-refractivity contribution in [3.05, 3.63) is 18.7 Å². The molecular weight excluding hydrogens is 236 g/mol. The van der Waals surface area contributed by atoms with Gasteiger partial charge >= 0.3 is 0 Å². The van der Waals surface area contributed by atoms with E-state index in [9.17, 15) is 0 Å². The van der Waals surface area contributed by atoms with E-state index in [4.69, 9.17) is 0 Å². The lowest BCUT2D eigenvalue weighted by Gasteiger charge is -2.38. The normalized spacial score (nSPS) is 30.5. The molecule has 2 rings (SSSR count). The molecule has 0 aliphatic carbocycles. The molecule has 4 heteroatoms. The minimum absolute atomic E-state index is 0.391. The summed E-state index contributed by atoms with van der Waals surface area (Å²) in [6, 6.07) is 0. The first-order chi connectivity index (χ1) is 7.74. The molecule has 1 fully saturated rings. The average molecular weight is 256 g/mol. The SMILES string of the molecule is CCCC1(Cn2ccnc2)SCC(C)CS1. The summed E-state index contributed by atoms with van der Waals surface area (Å²) in [6.45, 7) is 5.74. The summed E-state index contributed by atoms with van der Waals surface area (Å²) in [6.07, 6.45) is 8.46. The van der Waals surface area contributed by atoms with Gasteiger partial charge in [0.15, 0.2) is 0 Å². The number of hydrogen-bond donors (Lipinski definition) is 0. The molecule has 0 spiro atoms. The van der Waals surface area contributed by atoms with Crippen LogP contribution < -0.4 is 0 Å². The molecule has 2 nitrogen and oxygen atoms in total. The van der Waals surface area contributed by atoms with Crippen molar-refractivity contribution < 1.29 is 0 Å². The number of imidazole rings is 1. The van der Waals surface area contributed by atoms with E-state index in [0.717, 1.165) is 12.5 Å². The Kier molecular flexibility index (Phi) is 4.25. The summed E-state index contributed by atoms with van der Waals surface area (Å²) in [5.41, 5.74) is 0. The van der Waals surface area contributed by atoms with Gasteiger partial charge in [-0.2, -0.15) is 0 Å². The standard InChI is InChI=1S/C12H20N2S2/c1-3-4-12(9-14-6-5-13-10-14)15-7-11(2)8-16-12/h5-6,10-11H,3-4,7-9H2,1-2H3. The first-order valence-electron chi connectivity index (χ1n) is 5.98. The van der Waals surface area contributed by atoms with Gasteiger partial charge in [0.1, 0.15) is 0 Å². The van der Waals surface area contributed by atoms with Gasteiger partial charge in [0.05, 0.1) is 10.4 Å². The lowest BCUT2D eigenvalue weighted by Crippen LogP contribution is -2.32. The van der Waals surface area contributed by atoms with Crippen molar-refractivity contribution in [1.82, 2.24) is 9.55 Å². The minimum atomic E-state index is 0.391. The first kappa shape index (κ1) is 12.4. The number of thioether (sulfide) groups is 2. The molecule has 0 bridgehead atoms. The van der Waals surface area contributed by atoms with Gasteiger partial charge in [-0.3, -0.25) is 0 Å². The molecule has 0 saturated carbocycles. The molecule has 0 aromatic carbocycles. The second-order valence-corrected chi connectivity index (χ2v) is 7.69. The molecule has 0 unspecified atom stereocenters. The Balaban J connectivity index is 2.03. The van der Waals surface area contributed by atoms with Gasteiger partial charge < -0.3 is 4.57 Å². The van der Waals surface area contributed by atoms with Crippen LogP contribution in [-0.4, -0.2) is 25.1 Å². The lowest BCUT2D eigenvalue weighted by atomic mass is 10.2. The Morgan fingerprint density at radius 3 is 2.75 bits per heavy atom. The van der Waals surface area contributed by atoms with Crippen molar-refractivity contribution in [3.63, 3.8) is 0 Å². The number of hydrogen-bond acceptors (Lipinski definition) is 3. The Bertz CT molecular complexity index is 303. The van der Waals surface area contributed by atoms with Crippen LogP contribution in [0.5, 0.6) is 0 Å². The molecule has 0 atom stereocenters. The Morgan fingerprint density at radius 1 is 1.44 bits per heavy atom. The molecular formula is C12H20N2S2. The van der Waals surface area contributed by atoms with E-state index in [1.54, 1.807) is 0 Å². The molecule has 0 radical (unpaired) electrons. The van der Waals surface area contributed by atoms with Crippen molar-refractivity contribution in [3.8, 4) is 0 Å². The summed E-state index contributed by atoms with van der Waals surface area (Å²) < 4.78 is 2.62. The highest BCUT2D eigenvalue weighted by Crippen LogP contribution is 2.48. The van der Waals surface area contributed by atoms with Gasteiger partial charge in [-0.15, -0.1) is 23.5 Å². The zero-order chi connectivity index (χ0) is 11.4. The maximum absolute atomic E-state index is 4.14. The molecule has 1 saturated heterocycles. The highest BCUT2D eigenvalue weighted by molar-refractivity contribution is 8.18. The molecule has 1 aromatic heterocycles. The van der Waals surface area contributed by atoms with Crippen LogP contribution in [0.3, 0.4) is 0 Å². The second-order valence-electron chi connectivity index (χ2n) is 4.62. The van der Waals surface area contributed by atoms with E-state index in [0.29, 0.717) is 4.08 Å². The highest BCUT2D eigenvalue weighted by Gasteiger charge is 2.35. The van der Waals surface area contributed by atoms with Gasteiger partial charge in [-0.05, 0) is 23.8 Å². The summed E-state index contributed by atoms with van der Waals surface area (Å²) in [5.74, 6) is 3.48. The van der Waals surface area contributed by atoms with Crippen LogP contribution in [0.25, 0.3) is 0 Å². The van der Waals surface area contributed by atoms with Gasteiger partial charge in [-0.25, -0.2) is 4.98 Å². The number of rotatable bonds is 4. The van der Waals surface area contributed by atoms with E-state index in [1.165, 1.54) is 24.3 Å². The fourth-order valence-electron chi connectivity index (χ4n) is 2.03. The van der Waals surface area contributed by atoms with Crippen molar-refractivity contribution in [2.75, 3.05) is 11.5 Å². The van der Waals surface area contributed by atoms with Gasteiger partial charge in [0.2, 0.25) is 0 Å². The van der Waals surface area contributed by atoms with Gasteiger partial charge in [0.25, 0.3) is 0 Å². The van der Waals surface area contributed by atoms with Crippen molar-refractivity contribution >= 4 is 23.5 Å². The van der Waals surface area contributed by atoms with Crippen LogP contribution in [0.1, 0.15) is 26.7 Å². The fraction of sp³-hybridized carbons (Fsp3) is 0.750. The number of nitrogens with zero attached hydrogens (tertiary/aromatic N) is 2. The summed E-state index contributed by atoms with van der Waals surface area (Å²) in [4.78, 5) is 4.14. The van der Waals surface area contributed by atoms with Crippen LogP contribution in [-0.2, 0) is 6.54 Å². The Morgan fingerprint density at radius 2 is 2.19 bits per heavy atom. The highest BCUT2D eigenvalue weighted by atomic mass is 32.2. The quantitative estimate of drug-likeness (QED) is 0.821. The third kappa shape index (κ3) is 2.98. The van der Waals surface area contributed by atoms with Crippen molar-refractivity contribution in [2.45, 2.75) is 37.3 Å². The molecule has 0 N–H and O–H groups in total. The lowest BCUT2D eigenvalue weighted by molar-refractivity contribution is 0.571. The largest absolute Gasteiger partial charge is 0.335 e. The summed E-state index contributed by atoms with van der Waals surface area (Å²) >= 11 is 4.31. The molecule has 90 valence electrons. The summed E-state index contributed by atoms with van der Waals surface area (Å²) in [7, 11) is 0. The minimum Gasteiger partial charge on any atom is -0.335 e. The summed E-state index contributed by atoms with van der Waals surface area (Å²) in [5, 5.41) is 0. The average Bonchev–Trinajstić information content (AvgIpc) is 2.76. The topological polar surface area (TPSA) is 17.8 Å². The monoisotopic (exact) mass is 256 g/mol. The van der Waals surface area contributed by atoms with Gasteiger partial charge in [-0.1, -0.05) is 20.3 Å². The molecule has 16 heavy (non-hydrogen) atoms. The predicted molar refractivity (Wildman–Crippen MR) is 73.9 cm³/mol. The second kappa shape index (κ2) is 5.50. The fourth-order valence-corrected chi connectivity index (χ4v) is 5.51. The zero-order valence-electron chi connectivity index (χ0n) is 10.1. The first-order valence-corrected chi connectivity index (χ1v) is 7.95. The van der Waals surface area contributed by atoms with E-state index >= 15 is 0 Å². The molecule has 1 aromatic rings. The van der Waals surface area contributed by atoms with E-state index in [1.807, 2.05) is 12.5 Å². The maximum atomic E-state index is 4.14. The molecule has 1 aliphatic rings. The Labute approximate surface area is 107 Å². The van der Waals surface area contributed by atoms with Gasteiger partial charge in [0, 0.05) is 18.9 Å². The molecule has 1 aliphatic heterocycles. The van der Waals surface area contributed by atoms with E-state index in [2.05, 4.69) is 53.1 Å². The third-order valence-electron chi connectivity index (χ3n) is 2.88. The van der Waals surface area contributed by atoms with E-state index < -0.39 is 0 Å². The third-order valence-corrected chi connectivity index (χ3v) is 6.77. The Hall–Kier alpha value is -0.0900. The predicted octanol–water partition coefficient (Wildman–Crippen LogP) is 3.50.